The molecule has 1 unspecified atom stereocenters. The summed E-state index contributed by atoms with van der Waals surface area (Å²) in [5.74, 6) is 0.517. The number of hydrogen-bond donors (Lipinski definition) is 2. The third kappa shape index (κ3) is 4.37. The molecule has 2 atom stereocenters. The predicted octanol–water partition coefficient (Wildman–Crippen LogP) is 2.28. The normalized spacial score (nSPS) is 20.4. The van der Waals surface area contributed by atoms with E-state index in [9.17, 15) is 4.79 Å². The number of hydrogen-bond acceptors (Lipinski definition) is 4. The molecule has 1 aromatic heterocycles. The van der Waals surface area contributed by atoms with Gasteiger partial charge < -0.3 is 15.4 Å². The Morgan fingerprint density at radius 1 is 1.30 bits per heavy atom. The molecule has 0 spiro atoms. The molecule has 1 aliphatic rings. The molecule has 23 heavy (non-hydrogen) atoms. The van der Waals surface area contributed by atoms with E-state index in [0.29, 0.717) is 25.4 Å². The lowest BCUT2D eigenvalue weighted by Gasteiger charge is -2.12. The first kappa shape index (κ1) is 15.6. The van der Waals surface area contributed by atoms with Crippen molar-refractivity contribution in [1.29, 1.82) is 0 Å². The van der Waals surface area contributed by atoms with Crippen LogP contribution in [0.3, 0.4) is 0 Å². The second-order valence-corrected chi connectivity index (χ2v) is 5.83. The number of carbonyl (C=O) groups excluding carboxylic acids is 1. The molecule has 0 saturated carbocycles. The summed E-state index contributed by atoms with van der Waals surface area (Å²) < 4.78 is 5.88. The summed E-state index contributed by atoms with van der Waals surface area (Å²) in [5.41, 5.74) is 2.21. The van der Waals surface area contributed by atoms with Gasteiger partial charge in [0.05, 0.1) is 18.8 Å². The first-order chi connectivity index (χ1) is 11.2. The summed E-state index contributed by atoms with van der Waals surface area (Å²) in [6.45, 7) is 3.22. The maximum Gasteiger partial charge on any atom is 0.242 e. The maximum absolute atomic E-state index is 12.3. The molecule has 1 aromatic carbocycles. The van der Waals surface area contributed by atoms with Crippen molar-refractivity contribution < 1.29 is 9.53 Å². The molecule has 0 bridgehead atoms. The fraction of sp³-hybridized carbons (Fsp3) is 0.333. The summed E-state index contributed by atoms with van der Waals surface area (Å²) in [6, 6.07) is 13.6. The standard InChI is InChI=1S/C18H21N3O2/c1-13-7-8-17(20-10-13)21-18(22)16-9-15(11-19-16)23-12-14-5-3-2-4-6-14/h2-8,10,15-16,19H,9,11-12H2,1H3,(H,20,21,22)/t15?,16-/m1/s1. The minimum atomic E-state index is -0.237. The summed E-state index contributed by atoms with van der Waals surface area (Å²) in [5, 5.41) is 6.05. The molecule has 1 amide bonds. The lowest BCUT2D eigenvalue weighted by atomic mass is 10.2. The van der Waals surface area contributed by atoms with Gasteiger partial charge >= 0.3 is 0 Å². The third-order valence-electron chi connectivity index (χ3n) is 3.90. The number of aromatic nitrogens is 1. The van der Waals surface area contributed by atoms with Crippen LogP contribution in [0.25, 0.3) is 0 Å². The molecule has 5 heteroatoms. The Balaban J connectivity index is 1.47. The minimum absolute atomic E-state index is 0.0527. The van der Waals surface area contributed by atoms with Gasteiger partial charge in [0.25, 0.3) is 0 Å². The monoisotopic (exact) mass is 311 g/mol. The number of ether oxygens (including phenoxy) is 1. The zero-order valence-corrected chi connectivity index (χ0v) is 13.2. The summed E-state index contributed by atoms with van der Waals surface area (Å²) in [7, 11) is 0. The topological polar surface area (TPSA) is 63.2 Å². The zero-order valence-electron chi connectivity index (χ0n) is 13.2. The number of rotatable bonds is 5. The van der Waals surface area contributed by atoms with Crippen molar-refractivity contribution in [3.05, 3.63) is 59.8 Å². The third-order valence-corrected chi connectivity index (χ3v) is 3.90. The maximum atomic E-state index is 12.3. The van der Waals surface area contributed by atoms with E-state index in [4.69, 9.17) is 4.74 Å². The highest BCUT2D eigenvalue weighted by molar-refractivity contribution is 5.94. The highest BCUT2D eigenvalue weighted by Crippen LogP contribution is 2.15. The van der Waals surface area contributed by atoms with E-state index >= 15 is 0 Å². The molecule has 120 valence electrons. The van der Waals surface area contributed by atoms with Gasteiger partial charge in [-0.3, -0.25) is 4.79 Å². The Kier molecular flexibility index (Phi) is 5.00. The van der Waals surface area contributed by atoms with Crippen molar-refractivity contribution in [2.45, 2.75) is 32.1 Å². The predicted molar refractivity (Wildman–Crippen MR) is 89.0 cm³/mol. The molecule has 0 aliphatic carbocycles. The van der Waals surface area contributed by atoms with Gasteiger partial charge in [-0.15, -0.1) is 0 Å². The first-order valence-corrected chi connectivity index (χ1v) is 7.83. The van der Waals surface area contributed by atoms with E-state index < -0.39 is 0 Å². The molecule has 5 nitrogen and oxygen atoms in total. The SMILES string of the molecule is Cc1ccc(NC(=O)[C@H]2CC(OCc3ccccc3)CN2)nc1. The lowest BCUT2D eigenvalue weighted by molar-refractivity contribution is -0.118. The van der Waals surface area contributed by atoms with E-state index in [1.165, 1.54) is 0 Å². The van der Waals surface area contributed by atoms with Crippen LogP contribution in [0.5, 0.6) is 0 Å². The van der Waals surface area contributed by atoms with E-state index in [-0.39, 0.29) is 18.1 Å². The number of pyridine rings is 1. The highest BCUT2D eigenvalue weighted by Gasteiger charge is 2.30. The smallest absolute Gasteiger partial charge is 0.242 e. The molecule has 2 aromatic rings. The van der Waals surface area contributed by atoms with Gasteiger partial charge in [0.2, 0.25) is 5.91 Å². The Morgan fingerprint density at radius 3 is 2.87 bits per heavy atom. The number of anilines is 1. The average molecular weight is 311 g/mol. The van der Waals surface area contributed by atoms with Crippen molar-refractivity contribution in [1.82, 2.24) is 10.3 Å². The van der Waals surface area contributed by atoms with E-state index in [1.54, 1.807) is 6.20 Å². The van der Waals surface area contributed by atoms with Crippen LogP contribution in [-0.4, -0.2) is 29.6 Å². The van der Waals surface area contributed by atoms with Gasteiger partial charge in [-0.2, -0.15) is 0 Å². The zero-order chi connectivity index (χ0) is 16.1. The van der Waals surface area contributed by atoms with Crippen LogP contribution in [0.1, 0.15) is 17.5 Å². The summed E-state index contributed by atoms with van der Waals surface area (Å²) in [6.07, 6.45) is 2.46. The lowest BCUT2D eigenvalue weighted by Crippen LogP contribution is -2.35. The second kappa shape index (κ2) is 7.35. The second-order valence-electron chi connectivity index (χ2n) is 5.83. The van der Waals surface area contributed by atoms with Crippen LogP contribution in [0.4, 0.5) is 5.82 Å². The van der Waals surface area contributed by atoms with Gasteiger partial charge in [0, 0.05) is 12.7 Å². The fourth-order valence-electron chi connectivity index (χ4n) is 2.57. The quantitative estimate of drug-likeness (QED) is 0.889. The summed E-state index contributed by atoms with van der Waals surface area (Å²) >= 11 is 0. The molecule has 2 heterocycles. The average Bonchev–Trinajstić information content (AvgIpc) is 3.05. The van der Waals surface area contributed by atoms with Gasteiger partial charge in [0.1, 0.15) is 5.82 Å². The number of benzene rings is 1. The molecule has 0 radical (unpaired) electrons. The van der Waals surface area contributed by atoms with Crippen LogP contribution in [0.2, 0.25) is 0 Å². The molecular weight excluding hydrogens is 290 g/mol. The van der Waals surface area contributed by atoms with Crippen molar-refractivity contribution in [3.63, 3.8) is 0 Å². The molecule has 1 fully saturated rings. The van der Waals surface area contributed by atoms with Crippen molar-refractivity contribution in [2.24, 2.45) is 0 Å². The molecule has 1 aliphatic heterocycles. The number of aryl methyl sites for hydroxylation is 1. The molecule has 2 N–H and O–H groups in total. The van der Waals surface area contributed by atoms with E-state index in [2.05, 4.69) is 15.6 Å². The molecule has 1 saturated heterocycles. The number of carbonyl (C=O) groups is 1. The number of amides is 1. The Labute approximate surface area is 136 Å². The molecular formula is C18H21N3O2. The Hall–Kier alpha value is -2.24. The van der Waals surface area contributed by atoms with E-state index in [0.717, 1.165) is 11.1 Å². The Morgan fingerprint density at radius 2 is 2.13 bits per heavy atom. The summed E-state index contributed by atoms with van der Waals surface area (Å²) in [4.78, 5) is 16.4. The first-order valence-electron chi connectivity index (χ1n) is 7.83. The number of nitrogens with zero attached hydrogens (tertiary/aromatic N) is 1. The fourth-order valence-corrected chi connectivity index (χ4v) is 2.57. The van der Waals surface area contributed by atoms with Crippen molar-refractivity contribution >= 4 is 11.7 Å². The Bertz CT molecular complexity index is 643. The van der Waals surface area contributed by atoms with Gasteiger partial charge in [-0.05, 0) is 30.5 Å². The van der Waals surface area contributed by atoms with E-state index in [1.807, 2.05) is 49.4 Å². The highest BCUT2D eigenvalue weighted by atomic mass is 16.5. The van der Waals surface area contributed by atoms with Crippen LogP contribution in [0, 0.1) is 6.92 Å². The van der Waals surface area contributed by atoms with Gasteiger partial charge in [-0.25, -0.2) is 4.98 Å². The minimum Gasteiger partial charge on any atom is -0.372 e. The van der Waals surface area contributed by atoms with Gasteiger partial charge in [0.15, 0.2) is 0 Å². The van der Waals surface area contributed by atoms with Crippen LogP contribution < -0.4 is 10.6 Å². The van der Waals surface area contributed by atoms with Crippen molar-refractivity contribution in [2.75, 3.05) is 11.9 Å². The van der Waals surface area contributed by atoms with Crippen LogP contribution in [0.15, 0.2) is 48.7 Å². The van der Waals surface area contributed by atoms with Crippen molar-refractivity contribution in [3.8, 4) is 0 Å². The number of nitrogens with one attached hydrogen (secondary N) is 2. The van der Waals surface area contributed by atoms with Gasteiger partial charge in [-0.1, -0.05) is 36.4 Å². The van der Waals surface area contributed by atoms with Crippen LogP contribution in [-0.2, 0) is 16.1 Å². The molecule has 3 rings (SSSR count). The largest absolute Gasteiger partial charge is 0.372 e. The van der Waals surface area contributed by atoms with Crippen LogP contribution >= 0.6 is 0 Å².